The molecule has 7 heteroatoms. The average Bonchev–Trinajstić information content (AvgIpc) is 2.60. The highest BCUT2D eigenvalue weighted by Crippen LogP contribution is 2.17. The topological polar surface area (TPSA) is 59.3 Å². The third kappa shape index (κ3) is 3.57. The number of rotatable bonds is 4. The van der Waals surface area contributed by atoms with Crippen molar-refractivity contribution in [3.63, 3.8) is 0 Å². The van der Waals surface area contributed by atoms with E-state index in [2.05, 4.69) is 31.6 Å². The van der Waals surface area contributed by atoms with E-state index in [1.165, 1.54) is 29.2 Å². The van der Waals surface area contributed by atoms with E-state index in [4.69, 9.17) is 0 Å². The van der Waals surface area contributed by atoms with Gasteiger partial charge in [0, 0.05) is 0 Å². The van der Waals surface area contributed by atoms with Crippen molar-refractivity contribution in [2.75, 3.05) is 5.43 Å². The van der Waals surface area contributed by atoms with Crippen LogP contribution in [0.2, 0.25) is 0 Å². The summed E-state index contributed by atoms with van der Waals surface area (Å²) in [6.07, 6.45) is 2.94. The molecule has 0 aliphatic rings. The number of aromatic nitrogens is 2. The highest BCUT2D eigenvalue weighted by Gasteiger charge is 2.09. The van der Waals surface area contributed by atoms with Crippen molar-refractivity contribution in [2.45, 2.75) is 0 Å². The second-order valence-electron chi connectivity index (χ2n) is 4.85. The van der Waals surface area contributed by atoms with Crippen LogP contribution < -0.4 is 11.0 Å². The molecule has 0 aliphatic carbocycles. The third-order valence-electron chi connectivity index (χ3n) is 3.17. The maximum atomic E-state index is 13.1. The Labute approximate surface area is 145 Å². The van der Waals surface area contributed by atoms with E-state index < -0.39 is 0 Å². The van der Waals surface area contributed by atoms with Crippen LogP contribution in [0.25, 0.3) is 5.69 Å². The number of halogens is 2. The summed E-state index contributed by atoms with van der Waals surface area (Å²) in [6, 6.07) is 15.1. The Morgan fingerprint density at radius 1 is 1.17 bits per heavy atom. The van der Waals surface area contributed by atoms with Gasteiger partial charge in [-0.3, -0.25) is 10.2 Å². The Morgan fingerprint density at radius 3 is 2.71 bits per heavy atom. The molecule has 0 spiro atoms. The van der Waals surface area contributed by atoms with Crippen LogP contribution >= 0.6 is 15.9 Å². The number of benzene rings is 2. The summed E-state index contributed by atoms with van der Waals surface area (Å²) in [5, 5.41) is 8.12. The van der Waals surface area contributed by atoms with Gasteiger partial charge in [0.25, 0.3) is 5.56 Å². The molecule has 1 aromatic heterocycles. The lowest BCUT2D eigenvalue weighted by atomic mass is 10.2. The van der Waals surface area contributed by atoms with Gasteiger partial charge < -0.3 is 0 Å². The summed E-state index contributed by atoms with van der Waals surface area (Å²) >= 11 is 3.26. The first-order valence-electron chi connectivity index (χ1n) is 7.03. The standard InChI is InChI=1S/C17H12BrFN4O/c18-16-15(22-20-10-12-5-4-6-13(19)9-12)11-21-23(17(16)24)14-7-2-1-3-8-14/h1-11,22H. The summed E-state index contributed by atoms with van der Waals surface area (Å²) < 4.78 is 14.7. The number of nitrogens with one attached hydrogen (secondary N) is 1. The molecule has 5 nitrogen and oxygen atoms in total. The van der Waals surface area contributed by atoms with Gasteiger partial charge in [0.2, 0.25) is 0 Å². The Bertz CT molecular complexity index is 941. The molecule has 0 saturated heterocycles. The number of hydrogen-bond acceptors (Lipinski definition) is 4. The van der Waals surface area contributed by atoms with Crippen LogP contribution in [0.4, 0.5) is 10.1 Å². The zero-order chi connectivity index (χ0) is 16.9. The van der Waals surface area contributed by atoms with E-state index in [1.807, 2.05) is 18.2 Å². The van der Waals surface area contributed by atoms with Crippen LogP contribution in [0.3, 0.4) is 0 Å². The van der Waals surface area contributed by atoms with Gasteiger partial charge in [0.15, 0.2) is 0 Å². The molecule has 0 bridgehead atoms. The lowest BCUT2D eigenvalue weighted by Gasteiger charge is -2.07. The Kier molecular flexibility index (Phi) is 4.81. The van der Waals surface area contributed by atoms with Gasteiger partial charge in [-0.25, -0.2) is 4.39 Å². The smallest absolute Gasteiger partial charge is 0.275 e. The summed E-state index contributed by atoms with van der Waals surface area (Å²) in [7, 11) is 0. The van der Waals surface area contributed by atoms with Gasteiger partial charge in [-0.2, -0.15) is 14.9 Å². The van der Waals surface area contributed by atoms with Crippen LogP contribution in [-0.2, 0) is 0 Å². The Morgan fingerprint density at radius 2 is 1.96 bits per heavy atom. The zero-order valence-electron chi connectivity index (χ0n) is 12.4. The highest BCUT2D eigenvalue weighted by molar-refractivity contribution is 9.10. The predicted octanol–water partition coefficient (Wildman–Crippen LogP) is 3.58. The molecule has 0 fully saturated rings. The van der Waals surface area contributed by atoms with Crippen molar-refractivity contribution in [3.8, 4) is 5.69 Å². The molecule has 0 atom stereocenters. The third-order valence-corrected chi connectivity index (χ3v) is 3.93. The Balaban J connectivity index is 1.83. The van der Waals surface area contributed by atoms with E-state index >= 15 is 0 Å². The van der Waals surface area contributed by atoms with Crippen molar-refractivity contribution >= 4 is 27.8 Å². The van der Waals surface area contributed by atoms with Crippen molar-refractivity contribution in [2.24, 2.45) is 5.10 Å². The van der Waals surface area contributed by atoms with Crippen LogP contribution in [0.5, 0.6) is 0 Å². The second-order valence-corrected chi connectivity index (χ2v) is 5.64. The fourth-order valence-electron chi connectivity index (χ4n) is 2.03. The minimum Gasteiger partial charge on any atom is -0.275 e. The van der Waals surface area contributed by atoms with Gasteiger partial charge in [-0.1, -0.05) is 30.3 Å². The van der Waals surface area contributed by atoms with Crippen LogP contribution in [0, 0.1) is 5.82 Å². The van der Waals surface area contributed by atoms with Crippen LogP contribution in [-0.4, -0.2) is 16.0 Å². The van der Waals surface area contributed by atoms with E-state index in [-0.39, 0.29) is 11.4 Å². The fourth-order valence-corrected chi connectivity index (χ4v) is 2.39. The summed E-state index contributed by atoms with van der Waals surface area (Å²) in [5.41, 5.74) is 4.09. The molecular weight excluding hydrogens is 375 g/mol. The first-order chi connectivity index (χ1) is 11.6. The average molecular weight is 387 g/mol. The molecule has 120 valence electrons. The zero-order valence-corrected chi connectivity index (χ0v) is 13.9. The molecule has 2 aromatic carbocycles. The molecule has 1 N–H and O–H groups in total. The van der Waals surface area contributed by atoms with E-state index in [1.54, 1.807) is 24.3 Å². The maximum absolute atomic E-state index is 13.1. The lowest BCUT2D eigenvalue weighted by Crippen LogP contribution is -2.22. The molecule has 24 heavy (non-hydrogen) atoms. The summed E-state index contributed by atoms with van der Waals surface area (Å²) in [4.78, 5) is 12.4. The molecule has 0 amide bonds. The van der Waals surface area contributed by atoms with Crippen molar-refractivity contribution in [1.82, 2.24) is 9.78 Å². The highest BCUT2D eigenvalue weighted by atomic mass is 79.9. The van der Waals surface area contributed by atoms with Gasteiger partial charge in [-0.15, -0.1) is 0 Å². The number of nitrogens with zero attached hydrogens (tertiary/aromatic N) is 3. The Hall–Kier alpha value is -2.80. The molecule has 0 radical (unpaired) electrons. The van der Waals surface area contributed by atoms with Crippen LogP contribution in [0.1, 0.15) is 5.56 Å². The molecule has 1 heterocycles. The van der Waals surface area contributed by atoms with Crippen molar-refractivity contribution < 1.29 is 4.39 Å². The number of para-hydroxylation sites is 1. The normalized spacial score (nSPS) is 10.9. The minimum atomic E-state index is -0.341. The van der Waals surface area contributed by atoms with Gasteiger partial charge in [0.05, 0.1) is 23.8 Å². The van der Waals surface area contributed by atoms with Crippen LogP contribution in [0.15, 0.2) is 75.2 Å². The van der Waals surface area contributed by atoms with Crippen molar-refractivity contribution in [1.29, 1.82) is 0 Å². The second kappa shape index (κ2) is 7.18. The number of hydrogen-bond donors (Lipinski definition) is 1. The van der Waals surface area contributed by atoms with E-state index in [0.717, 1.165) is 0 Å². The van der Waals surface area contributed by atoms with Crippen molar-refractivity contribution in [3.05, 3.63) is 87.0 Å². The fraction of sp³-hybridized carbons (Fsp3) is 0. The summed E-state index contributed by atoms with van der Waals surface area (Å²) in [6.45, 7) is 0. The molecule has 0 unspecified atom stereocenters. The predicted molar refractivity (Wildman–Crippen MR) is 95.2 cm³/mol. The number of anilines is 1. The minimum absolute atomic E-state index is 0.303. The molecule has 3 rings (SSSR count). The van der Waals surface area contributed by atoms with E-state index in [0.29, 0.717) is 21.4 Å². The summed E-state index contributed by atoms with van der Waals surface area (Å²) in [5.74, 6) is -0.341. The van der Waals surface area contributed by atoms with E-state index in [9.17, 15) is 9.18 Å². The van der Waals surface area contributed by atoms with Gasteiger partial charge in [-0.05, 0) is 45.8 Å². The maximum Gasteiger partial charge on any atom is 0.287 e. The van der Waals surface area contributed by atoms with Gasteiger partial charge >= 0.3 is 0 Å². The quantitative estimate of drug-likeness (QED) is 0.550. The molecule has 0 aliphatic heterocycles. The largest absolute Gasteiger partial charge is 0.287 e. The SMILES string of the molecule is O=c1c(Br)c(NN=Cc2cccc(F)c2)cnn1-c1ccccc1. The first kappa shape index (κ1) is 16.1. The molecule has 0 saturated carbocycles. The first-order valence-corrected chi connectivity index (χ1v) is 7.82. The monoisotopic (exact) mass is 386 g/mol. The molecular formula is C17H12BrFN4O. The number of hydrazone groups is 1. The van der Waals surface area contributed by atoms with Gasteiger partial charge in [0.1, 0.15) is 10.3 Å². The lowest BCUT2D eigenvalue weighted by molar-refractivity contribution is 0.627. The molecule has 3 aromatic rings.